The molecule has 0 N–H and O–H groups in total. The van der Waals surface area contributed by atoms with Crippen LogP contribution >= 0.6 is 11.6 Å². The highest BCUT2D eigenvalue weighted by atomic mass is 35.5. The van der Waals surface area contributed by atoms with Crippen molar-refractivity contribution in [3.05, 3.63) is 77.9 Å². The fraction of sp³-hybridized carbons (Fsp3) is 0.0667. The van der Waals surface area contributed by atoms with E-state index in [1.54, 1.807) is 0 Å². The van der Waals surface area contributed by atoms with Gasteiger partial charge in [-0.3, -0.25) is 0 Å². The van der Waals surface area contributed by atoms with Crippen molar-refractivity contribution in [2.24, 2.45) is 0 Å². The third-order valence-electron chi connectivity index (χ3n) is 2.41. The molecule has 0 amide bonds. The molecule has 2 rings (SSSR count). The number of hydrogen-bond donors (Lipinski definition) is 0. The topological polar surface area (TPSA) is 0 Å². The van der Waals surface area contributed by atoms with E-state index in [-0.39, 0.29) is 0 Å². The minimum atomic E-state index is 0.810. The molecule has 80 valence electrons. The van der Waals surface area contributed by atoms with Gasteiger partial charge in [-0.25, -0.2) is 0 Å². The van der Waals surface area contributed by atoms with Crippen LogP contribution in [0, 0.1) is 0 Å². The van der Waals surface area contributed by atoms with E-state index < -0.39 is 0 Å². The maximum Gasteiger partial charge on any atom is 0.0441 e. The van der Waals surface area contributed by atoms with Crippen molar-refractivity contribution in [3.63, 3.8) is 0 Å². The van der Waals surface area contributed by atoms with Gasteiger partial charge in [-0.15, -0.1) is 0 Å². The number of rotatable bonds is 3. The molecule has 0 atom stereocenters. The molecule has 0 radical (unpaired) electrons. The molecule has 0 bridgehead atoms. The lowest BCUT2D eigenvalue weighted by Crippen LogP contribution is -1.81. The number of halogens is 1. The van der Waals surface area contributed by atoms with Gasteiger partial charge in [0.2, 0.25) is 0 Å². The van der Waals surface area contributed by atoms with Gasteiger partial charge in [0.15, 0.2) is 0 Å². The monoisotopic (exact) mass is 228 g/mol. The normalized spacial score (nSPS) is 11.4. The fourth-order valence-corrected chi connectivity index (χ4v) is 1.74. The summed E-state index contributed by atoms with van der Waals surface area (Å²) < 4.78 is 0. The van der Waals surface area contributed by atoms with E-state index >= 15 is 0 Å². The van der Waals surface area contributed by atoms with Crippen LogP contribution < -0.4 is 0 Å². The summed E-state index contributed by atoms with van der Waals surface area (Å²) in [6, 6.07) is 20.3. The van der Waals surface area contributed by atoms with E-state index in [2.05, 4.69) is 12.1 Å². The first kappa shape index (κ1) is 11.0. The number of allylic oxidation sites excluding steroid dienone is 1. The molecule has 0 spiro atoms. The van der Waals surface area contributed by atoms with Crippen LogP contribution in [0.15, 0.2) is 66.7 Å². The van der Waals surface area contributed by atoms with Crippen molar-refractivity contribution in [3.8, 4) is 0 Å². The predicted molar refractivity (Wildman–Crippen MR) is 70.4 cm³/mol. The highest BCUT2D eigenvalue weighted by Crippen LogP contribution is 2.19. The minimum Gasteiger partial charge on any atom is -0.0840 e. The second-order valence-electron chi connectivity index (χ2n) is 3.61. The third-order valence-corrected chi connectivity index (χ3v) is 2.78. The van der Waals surface area contributed by atoms with Gasteiger partial charge in [-0.2, -0.15) is 0 Å². The van der Waals surface area contributed by atoms with Crippen LogP contribution in [-0.2, 0) is 6.42 Å². The number of hydrogen-bond acceptors (Lipinski definition) is 0. The molecule has 1 heteroatoms. The number of benzene rings is 2. The molecule has 0 aliphatic carbocycles. The van der Waals surface area contributed by atoms with Crippen molar-refractivity contribution in [1.29, 1.82) is 0 Å². The van der Waals surface area contributed by atoms with Crippen molar-refractivity contribution < 1.29 is 0 Å². The van der Waals surface area contributed by atoms with Crippen LogP contribution in [0.4, 0.5) is 0 Å². The molecule has 16 heavy (non-hydrogen) atoms. The zero-order valence-corrected chi connectivity index (χ0v) is 9.69. The summed E-state index contributed by atoms with van der Waals surface area (Å²) in [5.74, 6) is 0. The zero-order valence-electron chi connectivity index (χ0n) is 8.94. The van der Waals surface area contributed by atoms with Crippen LogP contribution in [0.1, 0.15) is 11.1 Å². The highest BCUT2D eigenvalue weighted by Gasteiger charge is 1.96. The Labute approximate surface area is 101 Å². The van der Waals surface area contributed by atoms with Gasteiger partial charge in [0, 0.05) is 5.03 Å². The molecule has 0 heterocycles. The van der Waals surface area contributed by atoms with Crippen LogP contribution in [0.25, 0.3) is 5.03 Å². The summed E-state index contributed by atoms with van der Waals surface area (Å²) in [5.41, 5.74) is 2.34. The van der Waals surface area contributed by atoms with E-state index in [9.17, 15) is 0 Å². The van der Waals surface area contributed by atoms with Crippen LogP contribution in [-0.4, -0.2) is 0 Å². The standard InChI is InChI=1S/C15H13Cl/c16-15(14-9-5-2-6-10-14)12-11-13-7-3-1-4-8-13/h1-10,12H,11H2. The van der Waals surface area contributed by atoms with E-state index in [0.29, 0.717) is 0 Å². The Balaban J connectivity index is 2.09. The second kappa shape index (κ2) is 5.53. The first-order chi connectivity index (χ1) is 7.86. The average molecular weight is 229 g/mol. The largest absolute Gasteiger partial charge is 0.0840 e. The van der Waals surface area contributed by atoms with Gasteiger partial charge in [-0.1, -0.05) is 78.3 Å². The molecule has 0 fully saturated rings. The summed E-state index contributed by atoms with van der Waals surface area (Å²) >= 11 is 6.22. The zero-order chi connectivity index (χ0) is 11.2. The molecule has 0 saturated heterocycles. The van der Waals surface area contributed by atoms with Gasteiger partial charge in [0.25, 0.3) is 0 Å². The van der Waals surface area contributed by atoms with Gasteiger partial charge < -0.3 is 0 Å². The summed E-state index contributed by atoms with van der Waals surface area (Å²) in [6.45, 7) is 0. The van der Waals surface area contributed by atoms with Crippen molar-refractivity contribution in [2.45, 2.75) is 6.42 Å². The Bertz CT molecular complexity index is 457. The first-order valence-electron chi connectivity index (χ1n) is 5.31. The molecular weight excluding hydrogens is 216 g/mol. The molecular formula is C15H13Cl. The van der Waals surface area contributed by atoms with Gasteiger partial charge >= 0.3 is 0 Å². The highest BCUT2D eigenvalue weighted by molar-refractivity contribution is 6.48. The van der Waals surface area contributed by atoms with Crippen molar-refractivity contribution in [2.75, 3.05) is 0 Å². The summed E-state index contributed by atoms with van der Waals surface area (Å²) in [6.07, 6.45) is 2.92. The average Bonchev–Trinajstić information content (AvgIpc) is 2.38. The van der Waals surface area contributed by atoms with E-state index in [1.807, 2.05) is 54.6 Å². The van der Waals surface area contributed by atoms with E-state index in [0.717, 1.165) is 17.0 Å². The molecule has 0 unspecified atom stereocenters. The molecule has 0 aliphatic heterocycles. The molecule has 2 aromatic carbocycles. The lowest BCUT2D eigenvalue weighted by molar-refractivity contribution is 1.28. The quantitative estimate of drug-likeness (QED) is 0.725. The van der Waals surface area contributed by atoms with Crippen LogP contribution in [0.5, 0.6) is 0 Å². The molecule has 0 aliphatic rings. The van der Waals surface area contributed by atoms with Crippen molar-refractivity contribution >= 4 is 16.6 Å². The van der Waals surface area contributed by atoms with Crippen molar-refractivity contribution in [1.82, 2.24) is 0 Å². The second-order valence-corrected chi connectivity index (χ2v) is 4.02. The first-order valence-corrected chi connectivity index (χ1v) is 5.69. The predicted octanol–water partition coefficient (Wildman–Crippen LogP) is 4.51. The minimum absolute atomic E-state index is 0.810. The van der Waals surface area contributed by atoms with E-state index in [4.69, 9.17) is 11.6 Å². The van der Waals surface area contributed by atoms with Crippen LogP contribution in [0.3, 0.4) is 0 Å². The molecule has 2 aromatic rings. The maximum atomic E-state index is 6.22. The Hall–Kier alpha value is -1.53. The Morgan fingerprint density at radius 2 is 1.44 bits per heavy atom. The Kier molecular flexibility index (Phi) is 3.79. The fourth-order valence-electron chi connectivity index (χ4n) is 1.54. The lowest BCUT2D eigenvalue weighted by atomic mass is 10.1. The molecule has 0 aromatic heterocycles. The summed E-state index contributed by atoms with van der Waals surface area (Å²) in [5, 5.41) is 0.810. The van der Waals surface area contributed by atoms with Gasteiger partial charge in [-0.05, 0) is 17.5 Å². The molecule has 0 saturated carbocycles. The Morgan fingerprint density at radius 1 is 0.875 bits per heavy atom. The van der Waals surface area contributed by atoms with Crippen LogP contribution in [0.2, 0.25) is 0 Å². The third kappa shape index (κ3) is 2.98. The van der Waals surface area contributed by atoms with Gasteiger partial charge in [0.1, 0.15) is 0 Å². The maximum absolute atomic E-state index is 6.22. The lowest BCUT2D eigenvalue weighted by Gasteiger charge is -1.99. The molecule has 0 nitrogen and oxygen atoms in total. The smallest absolute Gasteiger partial charge is 0.0441 e. The SMILES string of the molecule is ClC(=CCc1ccccc1)c1ccccc1. The summed E-state index contributed by atoms with van der Waals surface area (Å²) in [4.78, 5) is 0. The van der Waals surface area contributed by atoms with Gasteiger partial charge in [0.05, 0.1) is 0 Å². The summed E-state index contributed by atoms with van der Waals surface area (Å²) in [7, 11) is 0. The Morgan fingerprint density at radius 3 is 2.06 bits per heavy atom. The van der Waals surface area contributed by atoms with E-state index in [1.165, 1.54) is 5.56 Å².